The van der Waals surface area contributed by atoms with Crippen molar-refractivity contribution < 1.29 is 0 Å². The smallest absolute Gasteiger partial charge is 0.186 e. The van der Waals surface area contributed by atoms with Crippen LogP contribution in [0.25, 0.3) is 22.6 Å². The predicted molar refractivity (Wildman–Crippen MR) is 102 cm³/mol. The second kappa shape index (κ2) is 5.81. The number of H-pyrrole nitrogens is 1. The lowest BCUT2D eigenvalue weighted by Gasteiger charge is -2.07. The van der Waals surface area contributed by atoms with E-state index in [1.165, 1.54) is 5.56 Å². The molecule has 0 fully saturated rings. The SMILES string of the molecule is Cc1[nH]c(-c2ccccc2)c2c1-c1nncn1N=C(c1ccccc1)C2. The lowest BCUT2D eigenvalue weighted by Crippen LogP contribution is -2.06. The van der Waals surface area contributed by atoms with Crippen molar-refractivity contribution in [2.45, 2.75) is 13.3 Å². The van der Waals surface area contributed by atoms with Crippen molar-refractivity contribution in [3.8, 4) is 22.6 Å². The maximum absolute atomic E-state index is 4.83. The minimum atomic E-state index is 0.733. The van der Waals surface area contributed by atoms with Crippen LogP contribution in [-0.2, 0) is 6.42 Å². The summed E-state index contributed by atoms with van der Waals surface area (Å²) >= 11 is 0. The van der Waals surface area contributed by atoms with E-state index in [0.717, 1.165) is 46.0 Å². The number of benzene rings is 2. The molecule has 4 aromatic rings. The number of nitrogens with one attached hydrogen (secondary N) is 1. The van der Waals surface area contributed by atoms with Crippen molar-refractivity contribution in [3.63, 3.8) is 0 Å². The van der Waals surface area contributed by atoms with Crippen LogP contribution in [0.5, 0.6) is 0 Å². The summed E-state index contributed by atoms with van der Waals surface area (Å²) in [6.45, 7) is 2.08. The molecule has 0 bridgehead atoms. The van der Waals surface area contributed by atoms with Crippen molar-refractivity contribution in [2.75, 3.05) is 0 Å². The molecule has 5 heteroatoms. The van der Waals surface area contributed by atoms with Crippen LogP contribution in [0, 0.1) is 6.92 Å². The van der Waals surface area contributed by atoms with E-state index in [1.54, 1.807) is 11.0 Å². The van der Waals surface area contributed by atoms with Gasteiger partial charge in [0.15, 0.2) is 5.82 Å². The Morgan fingerprint density at radius 1 is 0.923 bits per heavy atom. The monoisotopic (exact) mass is 339 g/mol. The topological polar surface area (TPSA) is 58.9 Å². The van der Waals surface area contributed by atoms with Crippen molar-refractivity contribution in [1.82, 2.24) is 19.9 Å². The molecule has 0 saturated heterocycles. The fourth-order valence-corrected chi connectivity index (χ4v) is 3.60. The van der Waals surface area contributed by atoms with Crippen LogP contribution in [0.2, 0.25) is 0 Å². The van der Waals surface area contributed by atoms with E-state index in [2.05, 4.69) is 58.5 Å². The van der Waals surface area contributed by atoms with Crippen molar-refractivity contribution in [2.24, 2.45) is 5.10 Å². The average Bonchev–Trinajstić information content (AvgIpc) is 3.22. The van der Waals surface area contributed by atoms with E-state index in [0.29, 0.717) is 0 Å². The van der Waals surface area contributed by atoms with Gasteiger partial charge in [0, 0.05) is 23.4 Å². The Hall–Kier alpha value is -3.47. The maximum atomic E-state index is 4.83. The highest BCUT2D eigenvalue weighted by molar-refractivity contribution is 6.04. The number of hydrogen-bond donors (Lipinski definition) is 1. The third-order valence-corrected chi connectivity index (χ3v) is 4.79. The van der Waals surface area contributed by atoms with E-state index >= 15 is 0 Å². The summed E-state index contributed by atoms with van der Waals surface area (Å²) in [7, 11) is 0. The Labute approximate surface area is 151 Å². The van der Waals surface area contributed by atoms with Gasteiger partial charge in [0.1, 0.15) is 6.33 Å². The molecular weight excluding hydrogens is 322 g/mol. The molecule has 0 spiro atoms. The Morgan fingerprint density at radius 2 is 1.62 bits per heavy atom. The summed E-state index contributed by atoms with van der Waals surface area (Å²) in [5.74, 6) is 0.780. The van der Waals surface area contributed by atoms with Crippen molar-refractivity contribution in [3.05, 3.63) is 83.8 Å². The molecule has 1 aliphatic heterocycles. The van der Waals surface area contributed by atoms with Crippen LogP contribution >= 0.6 is 0 Å². The number of aryl methyl sites for hydroxylation is 1. The summed E-state index contributed by atoms with van der Waals surface area (Å²) in [6.07, 6.45) is 2.40. The number of aromatic amines is 1. The number of rotatable bonds is 2. The molecule has 2 aromatic heterocycles. The number of aromatic nitrogens is 4. The molecule has 26 heavy (non-hydrogen) atoms. The summed E-state index contributed by atoms with van der Waals surface area (Å²) < 4.78 is 1.78. The van der Waals surface area contributed by atoms with E-state index in [4.69, 9.17) is 5.10 Å². The summed E-state index contributed by atoms with van der Waals surface area (Å²) in [6, 6.07) is 20.7. The first-order valence-electron chi connectivity index (χ1n) is 8.62. The van der Waals surface area contributed by atoms with E-state index in [-0.39, 0.29) is 0 Å². The molecule has 1 N–H and O–H groups in total. The third-order valence-electron chi connectivity index (χ3n) is 4.79. The van der Waals surface area contributed by atoms with Crippen LogP contribution in [0.4, 0.5) is 0 Å². The molecule has 5 rings (SSSR count). The molecule has 2 aromatic carbocycles. The standard InChI is InChI=1S/C21H17N5/c1-14-19-17(20(23-14)16-10-6-3-7-11-16)12-18(15-8-4-2-5-9-15)25-26-13-22-24-21(19)26/h2-11,13,23H,12H2,1H3. The zero-order valence-electron chi connectivity index (χ0n) is 14.3. The first-order valence-corrected chi connectivity index (χ1v) is 8.62. The molecule has 0 amide bonds. The Bertz CT molecular complexity index is 1100. The van der Waals surface area contributed by atoms with Gasteiger partial charge in [0.25, 0.3) is 0 Å². The van der Waals surface area contributed by atoms with Crippen LogP contribution < -0.4 is 0 Å². The van der Waals surface area contributed by atoms with Gasteiger partial charge in [-0.3, -0.25) is 0 Å². The molecule has 5 nitrogen and oxygen atoms in total. The minimum Gasteiger partial charge on any atom is -0.358 e. The zero-order chi connectivity index (χ0) is 17.5. The normalized spacial score (nSPS) is 12.9. The van der Waals surface area contributed by atoms with E-state index in [1.807, 2.05) is 24.3 Å². The molecule has 0 unspecified atom stereocenters. The molecule has 0 radical (unpaired) electrons. The summed E-state index contributed by atoms with van der Waals surface area (Å²) in [4.78, 5) is 3.57. The summed E-state index contributed by atoms with van der Waals surface area (Å²) in [5.41, 5.74) is 7.78. The zero-order valence-corrected chi connectivity index (χ0v) is 14.3. The van der Waals surface area contributed by atoms with Gasteiger partial charge in [0.2, 0.25) is 0 Å². The number of hydrogen-bond acceptors (Lipinski definition) is 3. The second-order valence-electron chi connectivity index (χ2n) is 6.43. The fraction of sp³-hybridized carbons (Fsp3) is 0.0952. The molecule has 0 atom stereocenters. The Kier molecular flexibility index (Phi) is 3.31. The number of fused-ring (bicyclic) bond motifs is 3. The van der Waals surface area contributed by atoms with Crippen LogP contribution in [-0.4, -0.2) is 25.6 Å². The third kappa shape index (κ3) is 2.29. The van der Waals surface area contributed by atoms with E-state index < -0.39 is 0 Å². The highest BCUT2D eigenvalue weighted by Gasteiger charge is 2.26. The van der Waals surface area contributed by atoms with Crippen LogP contribution in [0.1, 0.15) is 16.8 Å². The Morgan fingerprint density at radius 3 is 2.35 bits per heavy atom. The van der Waals surface area contributed by atoms with Gasteiger partial charge >= 0.3 is 0 Å². The molecule has 0 aliphatic carbocycles. The largest absolute Gasteiger partial charge is 0.358 e. The fourth-order valence-electron chi connectivity index (χ4n) is 3.60. The molecule has 126 valence electrons. The van der Waals surface area contributed by atoms with Gasteiger partial charge in [0.05, 0.1) is 5.71 Å². The molecule has 1 aliphatic rings. The number of nitrogens with zero attached hydrogens (tertiary/aromatic N) is 4. The lowest BCUT2D eigenvalue weighted by atomic mass is 9.96. The van der Waals surface area contributed by atoms with Gasteiger partial charge in [-0.1, -0.05) is 60.7 Å². The molecule has 3 heterocycles. The summed E-state index contributed by atoms with van der Waals surface area (Å²) in [5, 5.41) is 13.3. The van der Waals surface area contributed by atoms with Gasteiger partial charge in [-0.15, -0.1) is 10.2 Å². The van der Waals surface area contributed by atoms with Crippen LogP contribution in [0.15, 0.2) is 72.1 Å². The molecule has 0 saturated carbocycles. The van der Waals surface area contributed by atoms with Gasteiger partial charge in [-0.05, 0) is 23.6 Å². The maximum Gasteiger partial charge on any atom is 0.186 e. The van der Waals surface area contributed by atoms with Gasteiger partial charge in [-0.2, -0.15) is 9.78 Å². The molecular formula is C21H17N5. The average molecular weight is 339 g/mol. The Balaban J connectivity index is 1.76. The van der Waals surface area contributed by atoms with Gasteiger partial charge < -0.3 is 4.98 Å². The predicted octanol–water partition coefficient (Wildman–Crippen LogP) is 4.06. The quantitative estimate of drug-likeness (QED) is 0.599. The van der Waals surface area contributed by atoms with Crippen LogP contribution in [0.3, 0.4) is 0 Å². The second-order valence-corrected chi connectivity index (χ2v) is 6.43. The highest BCUT2D eigenvalue weighted by Crippen LogP contribution is 2.36. The minimum absolute atomic E-state index is 0.733. The van der Waals surface area contributed by atoms with Crippen molar-refractivity contribution in [1.29, 1.82) is 0 Å². The first kappa shape index (κ1) is 14.8. The van der Waals surface area contributed by atoms with E-state index in [9.17, 15) is 0 Å². The first-order chi connectivity index (χ1) is 12.8. The lowest BCUT2D eigenvalue weighted by molar-refractivity contribution is 0.881. The van der Waals surface area contributed by atoms with Crippen molar-refractivity contribution >= 4 is 5.71 Å². The van der Waals surface area contributed by atoms with Gasteiger partial charge in [-0.25, -0.2) is 0 Å². The highest BCUT2D eigenvalue weighted by atomic mass is 15.4.